The van der Waals surface area contributed by atoms with Crippen molar-refractivity contribution in [1.82, 2.24) is 5.32 Å². The zero-order valence-corrected chi connectivity index (χ0v) is 12.5. The molecule has 108 valence electrons. The van der Waals surface area contributed by atoms with Crippen LogP contribution in [0, 0.1) is 5.82 Å². The molecule has 0 spiro atoms. The van der Waals surface area contributed by atoms with Crippen LogP contribution in [0.2, 0.25) is 5.02 Å². The molecule has 0 aliphatic carbocycles. The van der Waals surface area contributed by atoms with Crippen molar-refractivity contribution in [2.75, 3.05) is 0 Å². The summed E-state index contributed by atoms with van der Waals surface area (Å²) < 4.78 is 13.6. The topological polar surface area (TPSA) is 55.1 Å². The van der Waals surface area contributed by atoms with Gasteiger partial charge in [-0.1, -0.05) is 31.0 Å². The van der Waals surface area contributed by atoms with Gasteiger partial charge in [0.2, 0.25) is 5.91 Å². The van der Waals surface area contributed by atoms with Gasteiger partial charge in [0.25, 0.3) is 0 Å². The molecule has 0 heterocycles. The quantitative estimate of drug-likeness (QED) is 0.877. The fraction of sp³-hybridized carbons (Fsp3) is 0.462. The number of carbonyl (C=O) groups excluding carboxylic acids is 1. The van der Waals surface area contributed by atoms with Crippen LogP contribution >= 0.6 is 24.0 Å². The molecule has 0 aliphatic heterocycles. The molecule has 2 atom stereocenters. The van der Waals surface area contributed by atoms with Gasteiger partial charge in [0, 0.05) is 10.6 Å². The maximum Gasteiger partial charge on any atom is 0.237 e. The second-order valence-electron chi connectivity index (χ2n) is 4.26. The van der Waals surface area contributed by atoms with Crippen molar-refractivity contribution in [3.63, 3.8) is 0 Å². The van der Waals surface area contributed by atoms with E-state index in [-0.39, 0.29) is 23.9 Å². The van der Waals surface area contributed by atoms with Crippen LogP contribution < -0.4 is 11.1 Å². The normalized spacial score (nSPS) is 13.3. The number of hydrogen-bond acceptors (Lipinski definition) is 2. The van der Waals surface area contributed by atoms with Crippen LogP contribution in [0.1, 0.15) is 38.3 Å². The maximum atomic E-state index is 13.6. The van der Waals surface area contributed by atoms with Gasteiger partial charge in [-0.2, -0.15) is 0 Å². The van der Waals surface area contributed by atoms with E-state index >= 15 is 0 Å². The first-order valence-electron chi connectivity index (χ1n) is 5.97. The lowest BCUT2D eigenvalue weighted by atomic mass is 10.1. The molecule has 0 bridgehead atoms. The van der Waals surface area contributed by atoms with E-state index in [4.69, 9.17) is 17.3 Å². The number of nitrogens with two attached hydrogens (primary N) is 1. The van der Waals surface area contributed by atoms with E-state index in [9.17, 15) is 9.18 Å². The standard InChI is InChI=1S/C13H18ClFN2O.ClH/c1-3-5-11(16)13(18)17-8(2)12-9(14)6-4-7-10(12)15;/h4,6-8,11H,3,5,16H2,1-2H3,(H,17,18);1H. The lowest BCUT2D eigenvalue weighted by molar-refractivity contribution is -0.123. The predicted molar refractivity (Wildman–Crippen MR) is 78.1 cm³/mol. The van der Waals surface area contributed by atoms with E-state index in [1.807, 2.05) is 6.92 Å². The molecule has 3 N–H and O–H groups in total. The Morgan fingerprint density at radius 2 is 2.16 bits per heavy atom. The van der Waals surface area contributed by atoms with Crippen molar-refractivity contribution < 1.29 is 9.18 Å². The average molecular weight is 309 g/mol. The van der Waals surface area contributed by atoms with Gasteiger partial charge in [-0.25, -0.2) is 4.39 Å². The molecule has 1 amide bonds. The highest BCUT2D eigenvalue weighted by Crippen LogP contribution is 2.25. The summed E-state index contributed by atoms with van der Waals surface area (Å²) >= 11 is 5.93. The van der Waals surface area contributed by atoms with Gasteiger partial charge >= 0.3 is 0 Å². The molecule has 3 nitrogen and oxygen atoms in total. The molecule has 1 aromatic carbocycles. The predicted octanol–water partition coefficient (Wildman–Crippen LogP) is 3.21. The molecule has 19 heavy (non-hydrogen) atoms. The average Bonchev–Trinajstić information content (AvgIpc) is 2.28. The number of benzene rings is 1. The Kier molecular flexibility index (Phi) is 7.99. The smallest absolute Gasteiger partial charge is 0.237 e. The van der Waals surface area contributed by atoms with Gasteiger partial charge in [0.1, 0.15) is 5.82 Å². The molecule has 0 fully saturated rings. The highest BCUT2D eigenvalue weighted by Gasteiger charge is 2.19. The number of hydrogen-bond donors (Lipinski definition) is 2. The molecule has 0 aliphatic rings. The molecule has 0 radical (unpaired) electrons. The zero-order chi connectivity index (χ0) is 13.7. The minimum atomic E-state index is -0.567. The highest BCUT2D eigenvalue weighted by atomic mass is 35.5. The summed E-state index contributed by atoms with van der Waals surface area (Å²) in [4.78, 5) is 11.7. The van der Waals surface area contributed by atoms with Gasteiger partial charge in [0.05, 0.1) is 12.1 Å². The molecular weight excluding hydrogens is 290 g/mol. The van der Waals surface area contributed by atoms with Gasteiger partial charge in [-0.15, -0.1) is 12.4 Å². The molecule has 1 rings (SSSR count). The van der Waals surface area contributed by atoms with Crippen LogP contribution in [0.3, 0.4) is 0 Å². The van der Waals surface area contributed by atoms with Crippen LogP contribution in [0.5, 0.6) is 0 Å². The largest absolute Gasteiger partial charge is 0.348 e. The highest BCUT2D eigenvalue weighted by molar-refractivity contribution is 6.31. The molecule has 6 heteroatoms. The second kappa shape index (κ2) is 8.35. The molecule has 0 saturated heterocycles. The van der Waals surface area contributed by atoms with Crippen molar-refractivity contribution in [3.05, 3.63) is 34.6 Å². The number of halogens is 3. The molecule has 0 aromatic heterocycles. The Balaban J connectivity index is 0.00000324. The van der Waals surface area contributed by atoms with Gasteiger partial charge in [-0.05, 0) is 25.5 Å². The van der Waals surface area contributed by atoms with Gasteiger partial charge in [-0.3, -0.25) is 4.79 Å². The Bertz CT molecular complexity index is 409. The third-order valence-electron chi connectivity index (χ3n) is 2.73. The van der Waals surface area contributed by atoms with Crippen LogP contribution in [-0.4, -0.2) is 11.9 Å². The SMILES string of the molecule is CCCC(N)C(=O)NC(C)c1c(F)cccc1Cl.Cl. The van der Waals surface area contributed by atoms with E-state index in [1.54, 1.807) is 13.0 Å². The van der Waals surface area contributed by atoms with E-state index in [2.05, 4.69) is 5.32 Å². The van der Waals surface area contributed by atoms with E-state index in [1.165, 1.54) is 12.1 Å². The summed E-state index contributed by atoms with van der Waals surface area (Å²) in [5.41, 5.74) is 5.98. The Morgan fingerprint density at radius 1 is 1.53 bits per heavy atom. The van der Waals surface area contributed by atoms with Crippen molar-refractivity contribution in [3.8, 4) is 0 Å². The third-order valence-corrected chi connectivity index (χ3v) is 3.06. The lowest BCUT2D eigenvalue weighted by Gasteiger charge is -2.19. The Hall–Kier alpha value is -0.840. The maximum absolute atomic E-state index is 13.6. The minimum absolute atomic E-state index is 0. The molecular formula is C13H19Cl2FN2O. The van der Waals surface area contributed by atoms with Crippen LogP contribution in [0.15, 0.2) is 18.2 Å². The zero-order valence-electron chi connectivity index (χ0n) is 11.0. The molecule has 2 unspecified atom stereocenters. The fourth-order valence-electron chi connectivity index (χ4n) is 1.76. The fourth-order valence-corrected chi connectivity index (χ4v) is 2.09. The number of rotatable bonds is 5. The Morgan fingerprint density at radius 3 is 2.68 bits per heavy atom. The van der Waals surface area contributed by atoms with Gasteiger partial charge < -0.3 is 11.1 Å². The summed E-state index contributed by atoms with van der Waals surface area (Å²) in [6.07, 6.45) is 1.42. The monoisotopic (exact) mass is 308 g/mol. The van der Waals surface area contributed by atoms with Crippen LogP contribution in [-0.2, 0) is 4.79 Å². The number of nitrogens with one attached hydrogen (secondary N) is 1. The summed E-state index contributed by atoms with van der Waals surface area (Å²) in [5.74, 6) is -0.719. The number of carbonyl (C=O) groups is 1. The molecule has 0 saturated carbocycles. The first-order chi connectivity index (χ1) is 8.47. The van der Waals surface area contributed by atoms with Crippen molar-refractivity contribution in [2.24, 2.45) is 5.73 Å². The summed E-state index contributed by atoms with van der Waals surface area (Å²) in [5, 5.41) is 2.97. The third kappa shape index (κ3) is 4.97. The summed E-state index contributed by atoms with van der Waals surface area (Å²) in [6, 6.07) is 3.36. The van der Waals surface area contributed by atoms with Crippen molar-refractivity contribution >= 4 is 29.9 Å². The first kappa shape index (κ1) is 18.2. The van der Waals surface area contributed by atoms with Gasteiger partial charge in [0.15, 0.2) is 0 Å². The lowest BCUT2D eigenvalue weighted by Crippen LogP contribution is -2.41. The van der Waals surface area contributed by atoms with Crippen LogP contribution in [0.4, 0.5) is 4.39 Å². The van der Waals surface area contributed by atoms with E-state index < -0.39 is 17.9 Å². The summed E-state index contributed by atoms with van der Waals surface area (Å²) in [6.45, 7) is 3.63. The van der Waals surface area contributed by atoms with E-state index in [0.29, 0.717) is 11.4 Å². The van der Waals surface area contributed by atoms with Crippen LogP contribution in [0.25, 0.3) is 0 Å². The second-order valence-corrected chi connectivity index (χ2v) is 4.67. The molecule has 1 aromatic rings. The van der Waals surface area contributed by atoms with Crippen molar-refractivity contribution in [1.29, 1.82) is 0 Å². The van der Waals surface area contributed by atoms with Crippen molar-refractivity contribution in [2.45, 2.75) is 38.8 Å². The van der Waals surface area contributed by atoms with E-state index in [0.717, 1.165) is 6.42 Å². The number of amides is 1. The first-order valence-corrected chi connectivity index (χ1v) is 6.35. The Labute approximate surface area is 124 Å². The minimum Gasteiger partial charge on any atom is -0.348 e. The summed E-state index contributed by atoms with van der Waals surface area (Å²) in [7, 11) is 0.